The summed E-state index contributed by atoms with van der Waals surface area (Å²) in [5, 5.41) is 0. The number of hydrogen-bond donors (Lipinski definition) is 0. The molecule has 136 valence electrons. The van der Waals surface area contributed by atoms with Crippen LogP contribution < -0.4 is 4.80 Å². The van der Waals surface area contributed by atoms with E-state index in [0.717, 1.165) is 16.6 Å². The first-order valence-corrected chi connectivity index (χ1v) is 9.19. The summed E-state index contributed by atoms with van der Waals surface area (Å²) in [6.45, 7) is 4.15. The summed E-state index contributed by atoms with van der Waals surface area (Å²) in [4.78, 5) is 33.2. The molecule has 0 bridgehead atoms. The second-order valence-corrected chi connectivity index (χ2v) is 6.72. The van der Waals surface area contributed by atoms with Gasteiger partial charge in [-0.25, -0.2) is 4.98 Å². The van der Waals surface area contributed by atoms with Crippen LogP contribution in [0.3, 0.4) is 0 Å². The summed E-state index contributed by atoms with van der Waals surface area (Å²) in [6.07, 6.45) is 4.14. The highest BCUT2D eigenvalue weighted by Gasteiger charge is 2.15. The van der Waals surface area contributed by atoms with E-state index in [1.165, 1.54) is 16.9 Å². The molecule has 0 saturated heterocycles. The van der Waals surface area contributed by atoms with E-state index in [4.69, 9.17) is 4.74 Å². The van der Waals surface area contributed by atoms with Gasteiger partial charge in [0.15, 0.2) is 4.80 Å². The molecule has 2 heterocycles. The van der Waals surface area contributed by atoms with Crippen LogP contribution in [0.25, 0.3) is 10.2 Å². The van der Waals surface area contributed by atoms with Crippen molar-refractivity contribution in [2.24, 2.45) is 12.0 Å². The van der Waals surface area contributed by atoms with Crippen LogP contribution in [-0.2, 0) is 29.5 Å². The van der Waals surface area contributed by atoms with E-state index in [1.807, 2.05) is 12.1 Å². The first-order chi connectivity index (χ1) is 12.5. The summed E-state index contributed by atoms with van der Waals surface area (Å²) < 4.78 is 9.37. The van der Waals surface area contributed by atoms with E-state index < -0.39 is 5.91 Å². The van der Waals surface area contributed by atoms with Gasteiger partial charge in [0.05, 0.1) is 16.8 Å². The number of hydrogen-bond acceptors (Lipinski definition) is 5. The molecule has 1 aromatic carbocycles. The average Bonchev–Trinajstić information content (AvgIpc) is 3.18. The highest BCUT2D eigenvalue weighted by Crippen LogP contribution is 2.20. The maximum absolute atomic E-state index is 12.5. The number of benzene rings is 1. The Morgan fingerprint density at radius 1 is 1.31 bits per heavy atom. The van der Waals surface area contributed by atoms with Crippen molar-refractivity contribution >= 4 is 33.4 Å². The molecule has 0 saturated carbocycles. The number of carbonyl (C=O) groups excluding carboxylic acids is 2. The maximum atomic E-state index is 12.5. The fraction of sp³-hybridized carbons (Fsp3) is 0.333. The van der Waals surface area contributed by atoms with E-state index in [2.05, 4.69) is 23.0 Å². The van der Waals surface area contributed by atoms with E-state index in [0.29, 0.717) is 11.4 Å². The van der Waals surface area contributed by atoms with Gasteiger partial charge in [0.2, 0.25) is 5.82 Å². The van der Waals surface area contributed by atoms with E-state index >= 15 is 0 Å². The molecule has 3 aromatic rings. The second-order valence-electron chi connectivity index (χ2n) is 5.71. The standard InChI is InChI=1S/C18H20N4O3S/c1-4-12-6-7-13-14(10-12)26-18(22(13)11-15(23)25-5-2)20-17(24)16-19-8-9-21(16)3/h6-10H,4-5,11H2,1-3H3. The van der Waals surface area contributed by atoms with Crippen LogP contribution in [0.4, 0.5) is 0 Å². The molecule has 26 heavy (non-hydrogen) atoms. The number of carbonyl (C=O) groups is 2. The van der Waals surface area contributed by atoms with Crippen molar-refractivity contribution in [1.82, 2.24) is 14.1 Å². The average molecular weight is 372 g/mol. The van der Waals surface area contributed by atoms with Crippen LogP contribution in [0, 0.1) is 0 Å². The van der Waals surface area contributed by atoms with Gasteiger partial charge in [-0.2, -0.15) is 4.99 Å². The number of rotatable bonds is 5. The van der Waals surface area contributed by atoms with Crippen molar-refractivity contribution in [2.75, 3.05) is 6.61 Å². The molecular weight excluding hydrogens is 352 g/mol. The Kier molecular flexibility index (Phi) is 5.32. The Bertz CT molecular complexity index is 1030. The SMILES string of the molecule is CCOC(=O)Cn1c(=NC(=O)c2nccn2C)sc2cc(CC)ccc21. The second kappa shape index (κ2) is 7.65. The van der Waals surface area contributed by atoms with Gasteiger partial charge >= 0.3 is 11.9 Å². The smallest absolute Gasteiger partial charge is 0.326 e. The van der Waals surface area contributed by atoms with Crippen LogP contribution in [0.5, 0.6) is 0 Å². The maximum Gasteiger partial charge on any atom is 0.326 e. The largest absolute Gasteiger partial charge is 0.465 e. The third kappa shape index (κ3) is 3.60. The first-order valence-electron chi connectivity index (χ1n) is 8.37. The lowest BCUT2D eigenvalue weighted by atomic mass is 10.2. The molecule has 0 aliphatic rings. The molecule has 8 heteroatoms. The minimum absolute atomic E-state index is 0.00594. The minimum Gasteiger partial charge on any atom is -0.465 e. The molecule has 1 amide bonds. The fourth-order valence-corrected chi connectivity index (χ4v) is 3.71. The van der Waals surface area contributed by atoms with Gasteiger partial charge in [-0.05, 0) is 31.0 Å². The van der Waals surface area contributed by atoms with Gasteiger partial charge in [0, 0.05) is 19.4 Å². The van der Waals surface area contributed by atoms with Crippen molar-refractivity contribution in [3.63, 3.8) is 0 Å². The number of nitrogens with zero attached hydrogens (tertiary/aromatic N) is 4. The molecule has 0 atom stereocenters. The predicted octanol–water partition coefficient (Wildman–Crippen LogP) is 2.30. The molecule has 0 fully saturated rings. The first kappa shape index (κ1) is 18.1. The lowest BCUT2D eigenvalue weighted by Crippen LogP contribution is -2.23. The molecule has 2 aromatic heterocycles. The Hall–Kier alpha value is -2.74. The van der Waals surface area contributed by atoms with Crippen molar-refractivity contribution in [1.29, 1.82) is 0 Å². The number of amides is 1. The molecule has 3 rings (SSSR count). The van der Waals surface area contributed by atoms with E-state index in [9.17, 15) is 9.59 Å². The number of imidazole rings is 1. The van der Waals surface area contributed by atoms with Crippen LogP contribution in [0.15, 0.2) is 35.6 Å². The molecule has 0 spiro atoms. The molecular formula is C18H20N4O3S. The Morgan fingerprint density at radius 2 is 2.12 bits per heavy atom. The highest BCUT2D eigenvalue weighted by molar-refractivity contribution is 7.16. The zero-order valence-corrected chi connectivity index (χ0v) is 15.7. The zero-order valence-electron chi connectivity index (χ0n) is 14.9. The number of fused-ring (bicyclic) bond motifs is 1. The molecule has 0 radical (unpaired) electrons. The number of ether oxygens (including phenoxy) is 1. The van der Waals surface area contributed by atoms with E-state index in [-0.39, 0.29) is 18.3 Å². The fourth-order valence-electron chi connectivity index (χ4n) is 2.62. The predicted molar refractivity (Wildman–Crippen MR) is 98.9 cm³/mol. The van der Waals surface area contributed by atoms with E-state index in [1.54, 1.807) is 35.5 Å². The van der Waals surface area contributed by atoms with Gasteiger partial charge in [-0.15, -0.1) is 0 Å². The van der Waals surface area contributed by atoms with Crippen LogP contribution in [-0.4, -0.2) is 32.6 Å². The van der Waals surface area contributed by atoms with Crippen molar-refractivity contribution in [3.05, 3.63) is 46.8 Å². The van der Waals surface area contributed by atoms with Crippen molar-refractivity contribution in [3.8, 4) is 0 Å². The number of aryl methyl sites for hydroxylation is 2. The zero-order chi connectivity index (χ0) is 18.7. The monoisotopic (exact) mass is 372 g/mol. The molecule has 0 unspecified atom stereocenters. The minimum atomic E-state index is -0.447. The third-order valence-corrected chi connectivity index (χ3v) is 5.00. The molecule has 0 N–H and O–H groups in total. The Balaban J connectivity index is 2.12. The normalized spacial score (nSPS) is 11.9. The highest BCUT2D eigenvalue weighted by atomic mass is 32.1. The van der Waals surface area contributed by atoms with Gasteiger partial charge in [0.1, 0.15) is 6.54 Å². The summed E-state index contributed by atoms with van der Waals surface area (Å²) >= 11 is 1.38. The third-order valence-electron chi connectivity index (χ3n) is 3.96. The summed E-state index contributed by atoms with van der Waals surface area (Å²) in [7, 11) is 1.74. The number of thiazole rings is 1. The quantitative estimate of drug-likeness (QED) is 0.644. The lowest BCUT2D eigenvalue weighted by molar-refractivity contribution is -0.143. The Labute approximate surface area is 154 Å². The van der Waals surface area contributed by atoms with Gasteiger partial charge in [-0.1, -0.05) is 24.3 Å². The lowest BCUT2D eigenvalue weighted by Gasteiger charge is -2.05. The number of esters is 1. The Morgan fingerprint density at radius 3 is 2.77 bits per heavy atom. The van der Waals surface area contributed by atoms with Gasteiger partial charge < -0.3 is 13.9 Å². The topological polar surface area (TPSA) is 78.5 Å². The van der Waals surface area contributed by atoms with Crippen LogP contribution in [0.1, 0.15) is 30.0 Å². The summed E-state index contributed by atoms with van der Waals surface area (Å²) in [6, 6.07) is 6.03. The van der Waals surface area contributed by atoms with Crippen molar-refractivity contribution in [2.45, 2.75) is 26.8 Å². The van der Waals surface area contributed by atoms with Crippen LogP contribution >= 0.6 is 11.3 Å². The molecule has 0 aliphatic carbocycles. The van der Waals surface area contributed by atoms with Crippen LogP contribution in [0.2, 0.25) is 0 Å². The number of aromatic nitrogens is 3. The van der Waals surface area contributed by atoms with Gasteiger partial charge in [-0.3, -0.25) is 9.59 Å². The summed E-state index contributed by atoms with van der Waals surface area (Å²) in [5.41, 5.74) is 2.04. The molecule has 7 nitrogen and oxygen atoms in total. The summed E-state index contributed by atoms with van der Waals surface area (Å²) in [5.74, 6) is -0.561. The molecule has 0 aliphatic heterocycles. The van der Waals surface area contributed by atoms with Crippen molar-refractivity contribution < 1.29 is 14.3 Å². The van der Waals surface area contributed by atoms with Gasteiger partial charge in [0.25, 0.3) is 0 Å².